The summed E-state index contributed by atoms with van der Waals surface area (Å²) in [5.74, 6) is 1.31. The van der Waals surface area contributed by atoms with Gasteiger partial charge >= 0.3 is 0 Å². The third-order valence-corrected chi connectivity index (χ3v) is 5.55. The number of benzene rings is 1. The number of aromatic nitrogens is 2. The number of nitrogens with zero attached hydrogens (tertiary/aromatic N) is 2. The van der Waals surface area contributed by atoms with E-state index in [2.05, 4.69) is 20.6 Å². The minimum absolute atomic E-state index is 0.246. The lowest BCUT2D eigenvalue weighted by Gasteiger charge is -2.23. The average Bonchev–Trinajstić information content (AvgIpc) is 2.74. The van der Waals surface area contributed by atoms with Crippen LogP contribution in [-0.4, -0.2) is 16.0 Å². The highest BCUT2D eigenvalue weighted by Gasteiger charge is 2.14. The molecule has 0 saturated heterocycles. The number of hydrogen-bond donors (Lipinski definition) is 2. The lowest BCUT2D eigenvalue weighted by Crippen LogP contribution is -2.22. The second-order valence-electron chi connectivity index (χ2n) is 7.44. The first-order valence-electron chi connectivity index (χ1n) is 10.0. The van der Waals surface area contributed by atoms with Crippen molar-refractivity contribution < 1.29 is 4.39 Å². The predicted molar refractivity (Wildman–Crippen MR) is 117 cm³/mol. The number of nitrogens with one attached hydrogen (secondary N) is 2. The molecule has 0 aliphatic heterocycles. The molecular formula is C23H24ClFN4. The molecular weight excluding hydrogens is 387 g/mol. The molecule has 0 unspecified atom stereocenters. The Bertz CT molecular complexity index is 973. The van der Waals surface area contributed by atoms with Crippen LogP contribution in [0.15, 0.2) is 54.9 Å². The van der Waals surface area contributed by atoms with Crippen molar-refractivity contribution in [3.05, 3.63) is 71.3 Å². The number of rotatable bonds is 6. The number of halogens is 2. The molecule has 1 aliphatic carbocycles. The Morgan fingerprint density at radius 2 is 1.86 bits per heavy atom. The van der Waals surface area contributed by atoms with Gasteiger partial charge in [-0.15, -0.1) is 0 Å². The van der Waals surface area contributed by atoms with Crippen LogP contribution in [0.25, 0.3) is 11.1 Å². The standard InChI is InChI=1S/C23H24ClFN4/c24-21-15-28-22(27-14-16-5-4-6-18(25)11-16)13-20(21)17-9-10-26-23(12-17)29-19-7-2-1-3-8-19/h4-6,9-13,15,19H,1-3,7-8,14H2,(H,26,29)(H,27,28). The molecule has 0 radical (unpaired) electrons. The van der Waals surface area contributed by atoms with E-state index in [4.69, 9.17) is 11.6 Å². The first-order chi connectivity index (χ1) is 14.2. The van der Waals surface area contributed by atoms with Gasteiger partial charge in [0, 0.05) is 30.5 Å². The second kappa shape index (κ2) is 9.23. The van der Waals surface area contributed by atoms with Crippen molar-refractivity contribution in [2.24, 2.45) is 0 Å². The lowest BCUT2D eigenvalue weighted by molar-refractivity contribution is 0.462. The quantitative estimate of drug-likeness (QED) is 0.501. The monoisotopic (exact) mass is 410 g/mol. The summed E-state index contributed by atoms with van der Waals surface area (Å²) in [5, 5.41) is 7.37. The average molecular weight is 411 g/mol. The maximum Gasteiger partial charge on any atom is 0.126 e. The minimum Gasteiger partial charge on any atom is -0.367 e. The molecule has 0 atom stereocenters. The summed E-state index contributed by atoms with van der Waals surface area (Å²) < 4.78 is 13.4. The van der Waals surface area contributed by atoms with Gasteiger partial charge in [0.05, 0.1) is 5.02 Å². The first kappa shape index (κ1) is 19.6. The zero-order valence-electron chi connectivity index (χ0n) is 16.2. The summed E-state index contributed by atoms with van der Waals surface area (Å²) in [5.41, 5.74) is 2.73. The van der Waals surface area contributed by atoms with Crippen LogP contribution in [0.5, 0.6) is 0 Å². The SMILES string of the molecule is Fc1cccc(CNc2cc(-c3ccnc(NC4CCCCC4)c3)c(Cl)cn2)c1. The van der Waals surface area contributed by atoms with E-state index in [1.54, 1.807) is 18.5 Å². The van der Waals surface area contributed by atoms with E-state index in [1.165, 1.54) is 44.2 Å². The summed E-state index contributed by atoms with van der Waals surface area (Å²) in [6.07, 6.45) is 9.69. The van der Waals surface area contributed by atoms with Crippen LogP contribution in [0.1, 0.15) is 37.7 Å². The number of anilines is 2. The van der Waals surface area contributed by atoms with Gasteiger partial charge in [-0.25, -0.2) is 14.4 Å². The molecule has 4 rings (SSSR count). The smallest absolute Gasteiger partial charge is 0.126 e. The van der Waals surface area contributed by atoms with E-state index in [0.717, 1.165) is 22.5 Å². The molecule has 6 heteroatoms. The van der Waals surface area contributed by atoms with Gasteiger partial charge in [-0.1, -0.05) is 43.0 Å². The fraction of sp³-hybridized carbons (Fsp3) is 0.304. The predicted octanol–water partition coefficient (Wildman–Crippen LogP) is 6.29. The van der Waals surface area contributed by atoms with Gasteiger partial charge in [0.25, 0.3) is 0 Å². The summed E-state index contributed by atoms with van der Waals surface area (Å²) in [7, 11) is 0. The van der Waals surface area contributed by atoms with Gasteiger partial charge in [-0.2, -0.15) is 0 Å². The zero-order chi connectivity index (χ0) is 20.1. The highest BCUT2D eigenvalue weighted by molar-refractivity contribution is 6.33. The Morgan fingerprint density at radius 1 is 1.00 bits per heavy atom. The fourth-order valence-electron chi connectivity index (χ4n) is 3.73. The van der Waals surface area contributed by atoms with Crippen LogP contribution < -0.4 is 10.6 Å². The van der Waals surface area contributed by atoms with Gasteiger partial charge in [0.15, 0.2) is 0 Å². The molecule has 29 heavy (non-hydrogen) atoms. The maximum absolute atomic E-state index is 13.4. The topological polar surface area (TPSA) is 49.8 Å². The number of pyridine rings is 2. The van der Waals surface area contributed by atoms with Crippen molar-refractivity contribution in [2.45, 2.75) is 44.7 Å². The Balaban J connectivity index is 1.50. The van der Waals surface area contributed by atoms with E-state index < -0.39 is 0 Å². The molecule has 0 spiro atoms. The van der Waals surface area contributed by atoms with Crippen LogP contribution in [0.3, 0.4) is 0 Å². The van der Waals surface area contributed by atoms with Gasteiger partial charge in [-0.3, -0.25) is 0 Å². The molecule has 1 aromatic carbocycles. The number of hydrogen-bond acceptors (Lipinski definition) is 4. The van der Waals surface area contributed by atoms with Gasteiger partial charge in [-0.05, 0) is 54.3 Å². The van der Waals surface area contributed by atoms with E-state index in [-0.39, 0.29) is 5.82 Å². The Morgan fingerprint density at radius 3 is 2.69 bits per heavy atom. The highest BCUT2D eigenvalue weighted by Crippen LogP contribution is 2.31. The Hall–Kier alpha value is -2.66. The molecule has 3 aromatic rings. The van der Waals surface area contributed by atoms with Crippen molar-refractivity contribution in [1.82, 2.24) is 9.97 Å². The first-order valence-corrected chi connectivity index (χ1v) is 10.4. The highest BCUT2D eigenvalue weighted by atomic mass is 35.5. The Kier molecular flexibility index (Phi) is 6.25. The molecule has 2 N–H and O–H groups in total. The van der Waals surface area contributed by atoms with E-state index in [9.17, 15) is 4.39 Å². The zero-order valence-corrected chi connectivity index (χ0v) is 16.9. The van der Waals surface area contributed by atoms with E-state index in [1.807, 2.05) is 24.3 Å². The van der Waals surface area contributed by atoms with Crippen molar-refractivity contribution in [3.8, 4) is 11.1 Å². The summed E-state index contributed by atoms with van der Waals surface area (Å²) >= 11 is 6.43. The van der Waals surface area contributed by atoms with Crippen molar-refractivity contribution in [3.63, 3.8) is 0 Å². The molecule has 1 aliphatic rings. The van der Waals surface area contributed by atoms with Gasteiger partial charge < -0.3 is 10.6 Å². The lowest BCUT2D eigenvalue weighted by atomic mass is 9.95. The molecule has 0 amide bonds. The van der Waals surface area contributed by atoms with Gasteiger partial charge in [0.1, 0.15) is 17.5 Å². The minimum atomic E-state index is -0.246. The Labute approximate surface area is 175 Å². The van der Waals surface area contributed by atoms with Crippen LogP contribution >= 0.6 is 11.6 Å². The summed E-state index contributed by atoms with van der Waals surface area (Å²) in [4.78, 5) is 8.82. The fourth-order valence-corrected chi connectivity index (χ4v) is 3.94. The van der Waals surface area contributed by atoms with Crippen LogP contribution in [-0.2, 0) is 6.54 Å². The second-order valence-corrected chi connectivity index (χ2v) is 7.85. The molecule has 4 nitrogen and oxygen atoms in total. The van der Waals surface area contributed by atoms with Crippen LogP contribution in [0.2, 0.25) is 5.02 Å². The molecule has 2 aromatic heterocycles. The molecule has 0 bridgehead atoms. The van der Waals surface area contributed by atoms with Crippen molar-refractivity contribution in [2.75, 3.05) is 10.6 Å². The molecule has 150 valence electrons. The van der Waals surface area contributed by atoms with Crippen molar-refractivity contribution >= 4 is 23.2 Å². The molecule has 1 fully saturated rings. The normalized spacial score (nSPS) is 14.6. The van der Waals surface area contributed by atoms with Crippen molar-refractivity contribution in [1.29, 1.82) is 0 Å². The van der Waals surface area contributed by atoms with E-state index >= 15 is 0 Å². The third kappa shape index (κ3) is 5.24. The summed E-state index contributed by atoms with van der Waals surface area (Å²) in [6.45, 7) is 0.483. The van der Waals surface area contributed by atoms with Gasteiger partial charge in [0.2, 0.25) is 0 Å². The largest absolute Gasteiger partial charge is 0.367 e. The third-order valence-electron chi connectivity index (χ3n) is 5.25. The van der Waals surface area contributed by atoms with Crippen LogP contribution in [0, 0.1) is 5.82 Å². The summed E-state index contributed by atoms with van der Waals surface area (Å²) in [6, 6.07) is 12.9. The molecule has 2 heterocycles. The van der Waals surface area contributed by atoms with Crippen LogP contribution in [0.4, 0.5) is 16.0 Å². The van der Waals surface area contributed by atoms with E-state index in [0.29, 0.717) is 23.4 Å². The molecule has 1 saturated carbocycles. The maximum atomic E-state index is 13.4.